The molecule has 0 bridgehead atoms. The minimum Gasteiger partial charge on any atom is -0.370 e. The summed E-state index contributed by atoms with van der Waals surface area (Å²) in [7, 11) is 2.08. The van der Waals surface area contributed by atoms with Crippen molar-refractivity contribution in [3.63, 3.8) is 0 Å². The van der Waals surface area contributed by atoms with E-state index in [1.807, 2.05) is 19.1 Å². The van der Waals surface area contributed by atoms with Gasteiger partial charge in [-0.25, -0.2) is 0 Å². The third-order valence-electron chi connectivity index (χ3n) is 3.19. The molecule has 2 aromatic rings. The number of rotatable bonds is 4. The fraction of sp³-hybridized carbons (Fsp3) is 0.250. The molecule has 0 aliphatic carbocycles. The Morgan fingerprint density at radius 3 is 2.16 bits per heavy atom. The van der Waals surface area contributed by atoms with Gasteiger partial charge in [-0.2, -0.15) is 0 Å². The van der Waals surface area contributed by atoms with Crippen molar-refractivity contribution >= 4 is 17.3 Å². The summed E-state index contributed by atoms with van der Waals surface area (Å²) < 4.78 is 0. The van der Waals surface area contributed by atoms with Crippen LogP contribution in [0.4, 0.5) is 5.69 Å². The zero-order chi connectivity index (χ0) is 13.8. The zero-order valence-electron chi connectivity index (χ0n) is 11.3. The minimum absolute atomic E-state index is 0.0793. The Bertz CT molecular complexity index is 517. The molecule has 2 aromatic carbocycles. The van der Waals surface area contributed by atoms with Crippen LogP contribution in [-0.4, -0.2) is 7.05 Å². The van der Waals surface area contributed by atoms with Gasteiger partial charge in [0.15, 0.2) is 0 Å². The molecule has 2 nitrogen and oxygen atoms in total. The van der Waals surface area contributed by atoms with E-state index in [1.165, 1.54) is 11.3 Å². The van der Waals surface area contributed by atoms with Crippen molar-refractivity contribution in [2.45, 2.75) is 19.5 Å². The van der Waals surface area contributed by atoms with Crippen LogP contribution in [-0.2, 0) is 6.54 Å². The second kappa shape index (κ2) is 6.09. The third kappa shape index (κ3) is 3.72. The lowest BCUT2D eigenvalue weighted by Gasteiger charge is -2.20. The average molecular weight is 275 g/mol. The van der Waals surface area contributed by atoms with Gasteiger partial charge in [0.05, 0.1) is 0 Å². The van der Waals surface area contributed by atoms with Crippen LogP contribution in [0.3, 0.4) is 0 Å². The molecule has 2 rings (SSSR count). The van der Waals surface area contributed by atoms with Gasteiger partial charge in [-0.3, -0.25) is 0 Å². The van der Waals surface area contributed by atoms with Gasteiger partial charge in [0.2, 0.25) is 0 Å². The lowest BCUT2D eigenvalue weighted by atomic mass is 10.1. The first-order valence-electron chi connectivity index (χ1n) is 6.37. The largest absolute Gasteiger partial charge is 0.370 e. The van der Waals surface area contributed by atoms with Crippen LogP contribution in [0.15, 0.2) is 48.5 Å². The summed E-state index contributed by atoms with van der Waals surface area (Å²) in [6, 6.07) is 16.4. The Balaban J connectivity index is 2.07. The molecule has 0 fully saturated rings. The highest BCUT2D eigenvalue weighted by Gasteiger charge is 2.04. The number of halogens is 1. The fourth-order valence-corrected chi connectivity index (χ4v) is 2.11. The van der Waals surface area contributed by atoms with Gasteiger partial charge < -0.3 is 10.6 Å². The van der Waals surface area contributed by atoms with E-state index in [1.54, 1.807) is 0 Å². The molecule has 0 unspecified atom stereocenters. The highest BCUT2D eigenvalue weighted by Crippen LogP contribution is 2.19. The van der Waals surface area contributed by atoms with E-state index >= 15 is 0 Å². The highest BCUT2D eigenvalue weighted by atomic mass is 35.5. The summed E-state index contributed by atoms with van der Waals surface area (Å²) in [6.45, 7) is 2.85. The van der Waals surface area contributed by atoms with E-state index in [4.69, 9.17) is 17.3 Å². The van der Waals surface area contributed by atoms with Gasteiger partial charge in [-0.1, -0.05) is 35.9 Å². The summed E-state index contributed by atoms with van der Waals surface area (Å²) >= 11 is 5.89. The van der Waals surface area contributed by atoms with E-state index in [-0.39, 0.29) is 6.04 Å². The molecule has 2 N–H and O–H groups in total. The van der Waals surface area contributed by atoms with E-state index < -0.39 is 0 Å². The Hall–Kier alpha value is -1.51. The Labute approximate surface area is 119 Å². The number of hydrogen-bond acceptors (Lipinski definition) is 2. The molecule has 19 heavy (non-hydrogen) atoms. The summed E-state index contributed by atoms with van der Waals surface area (Å²) in [4.78, 5) is 2.20. The van der Waals surface area contributed by atoms with Gasteiger partial charge in [0.25, 0.3) is 0 Å². The lowest BCUT2D eigenvalue weighted by Crippen LogP contribution is -2.16. The summed E-state index contributed by atoms with van der Waals surface area (Å²) in [5.74, 6) is 0. The SMILES string of the molecule is C[C@@H](N)c1ccc(N(C)Cc2ccc(Cl)cc2)cc1. The number of nitrogens with zero attached hydrogens (tertiary/aromatic N) is 1. The maximum atomic E-state index is 5.89. The van der Waals surface area contributed by atoms with E-state index in [2.05, 4.69) is 48.3 Å². The van der Waals surface area contributed by atoms with Gasteiger partial charge in [-0.15, -0.1) is 0 Å². The number of nitrogens with two attached hydrogens (primary N) is 1. The first-order chi connectivity index (χ1) is 9.06. The van der Waals surface area contributed by atoms with Crippen molar-refractivity contribution < 1.29 is 0 Å². The molecule has 0 spiro atoms. The zero-order valence-corrected chi connectivity index (χ0v) is 12.1. The van der Waals surface area contributed by atoms with Gasteiger partial charge >= 0.3 is 0 Å². The van der Waals surface area contributed by atoms with Crippen molar-refractivity contribution in [3.8, 4) is 0 Å². The Morgan fingerprint density at radius 2 is 1.63 bits per heavy atom. The predicted molar refractivity (Wildman–Crippen MR) is 82.6 cm³/mol. The van der Waals surface area contributed by atoms with Crippen LogP contribution in [0, 0.1) is 0 Å². The van der Waals surface area contributed by atoms with Crippen molar-refractivity contribution in [3.05, 3.63) is 64.7 Å². The Morgan fingerprint density at radius 1 is 1.05 bits per heavy atom. The smallest absolute Gasteiger partial charge is 0.0426 e. The molecule has 100 valence electrons. The van der Waals surface area contributed by atoms with Crippen LogP contribution < -0.4 is 10.6 Å². The first kappa shape index (κ1) is 13.9. The van der Waals surface area contributed by atoms with E-state index in [0.29, 0.717) is 0 Å². The second-order valence-corrected chi connectivity index (χ2v) is 5.30. The molecule has 1 atom stereocenters. The molecule has 0 aliphatic heterocycles. The fourth-order valence-electron chi connectivity index (χ4n) is 1.99. The standard InChI is InChI=1S/C16H19ClN2/c1-12(18)14-5-9-16(10-6-14)19(2)11-13-3-7-15(17)8-4-13/h3-10,12H,11,18H2,1-2H3/t12-/m1/s1. The minimum atomic E-state index is 0.0793. The molecule has 0 saturated heterocycles. The molecule has 0 radical (unpaired) electrons. The monoisotopic (exact) mass is 274 g/mol. The molecule has 0 saturated carbocycles. The van der Waals surface area contributed by atoms with Crippen molar-refractivity contribution in [2.75, 3.05) is 11.9 Å². The average Bonchev–Trinajstić information content (AvgIpc) is 2.41. The van der Waals surface area contributed by atoms with Crippen molar-refractivity contribution in [1.82, 2.24) is 0 Å². The van der Waals surface area contributed by atoms with Gasteiger partial charge in [0.1, 0.15) is 0 Å². The lowest BCUT2D eigenvalue weighted by molar-refractivity contribution is 0.817. The van der Waals surface area contributed by atoms with Crippen LogP contribution in [0.25, 0.3) is 0 Å². The molecular formula is C16H19ClN2. The predicted octanol–water partition coefficient (Wildman–Crippen LogP) is 4.00. The molecular weight excluding hydrogens is 256 g/mol. The van der Waals surface area contributed by atoms with Crippen LogP contribution in [0.2, 0.25) is 5.02 Å². The maximum Gasteiger partial charge on any atom is 0.0426 e. The molecule has 0 heterocycles. The molecule has 0 aliphatic rings. The summed E-state index contributed by atoms with van der Waals surface area (Å²) in [6.07, 6.45) is 0. The van der Waals surface area contributed by atoms with Gasteiger partial charge in [0, 0.05) is 30.3 Å². The van der Waals surface area contributed by atoms with Crippen LogP contribution in [0.5, 0.6) is 0 Å². The normalized spacial score (nSPS) is 12.2. The van der Waals surface area contributed by atoms with Gasteiger partial charge in [-0.05, 0) is 42.3 Å². The number of anilines is 1. The maximum absolute atomic E-state index is 5.89. The second-order valence-electron chi connectivity index (χ2n) is 4.86. The number of benzene rings is 2. The van der Waals surface area contributed by atoms with Crippen molar-refractivity contribution in [2.24, 2.45) is 5.73 Å². The Kier molecular flexibility index (Phi) is 4.46. The topological polar surface area (TPSA) is 29.3 Å². The van der Waals surface area contributed by atoms with E-state index in [0.717, 1.165) is 17.1 Å². The molecule has 0 aromatic heterocycles. The third-order valence-corrected chi connectivity index (χ3v) is 3.44. The number of hydrogen-bond donors (Lipinski definition) is 1. The van der Waals surface area contributed by atoms with Crippen LogP contribution >= 0.6 is 11.6 Å². The van der Waals surface area contributed by atoms with E-state index in [9.17, 15) is 0 Å². The van der Waals surface area contributed by atoms with Crippen LogP contribution in [0.1, 0.15) is 24.1 Å². The molecule has 0 amide bonds. The summed E-state index contributed by atoms with van der Waals surface area (Å²) in [5.41, 5.74) is 9.43. The summed E-state index contributed by atoms with van der Waals surface area (Å²) in [5, 5.41) is 0.771. The molecule has 3 heteroatoms. The van der Waals surface area contributed by atoms with Crippen molar-refractivity contribution in [1.29, 1.82) is 0 Å². The highest BCUT2D eigenvalue weighted by molar-refractivity contribution is 6.30. The quantitative estimate of drug-likeness (QED) is 0.913. The first-order valence-corrected chi connectivity index (χ1v) is 6.75.